The van der Waals surface area contributed by atoms with Crippen molar-refractivity contribution in [3.63, 3.8) is 0 Å². The molecule has 4 rings (SSSR count). The zero-order valence-corrected chi connectivity index (χ0v) is 16.5. The van der Waals surface area contributed by atoms with E-state index in [9.17, 15) is 4.79 Å². The fourth-order valence-corrected chi connectivity index (χ4v) is 4.86. The number of rotatable bonds is 6. The van der Waals surface area contributed by atoms with Crippen LogP contribution in [0, 0.1) is 5.41 Å². The highest BCUT2D eigenvalue weighted by Gasteiger charge is 2.66. The first-order valence-electron chi connectivity index (χ1n) is 9.85. The van der Waals surface area contributed by atoms with Crippen molar-refractivity contribution in [2.75, 3.05) is 7.11 Å². The van der Waals surface area contributed by atoms with E-state index in [-0.39, 0.29) is 12.0 Å². The van der Waals surface area contributed by atoms with Gasteiger partial charge in [0.2, 0.25) is 0 Å². The molecule has 28 heavy (non-hydrogen) atoms. The molecular formula is C24H27NO3. The van der Waals surface area contributed by atoms with Crippen molar-refractivity contribution in [1.29, 1.82) is 0 Å². The standard InChI is InChI=1S/C24H27NO3/c1-23-14-9-15-24(23,22(26)27-2)17-21(16-19-10-5-3-6-11-19)25(23)28-18-20-12-7-4-8-13-20/h3-14,21H,15-18H2,1-2H3/t21-,23-,24-/m0/s1. The van der Waals surface area contributed by atoms with Gasteiger partial charge in [0.1, 0.15) is 0 Å². The molecule has 0 bridgehead atoms. The molecule has 0 radical (unpaired) electrons. The predicted octanol–water partition coefficient (Wildman–Crippen LogP) is 4.31. The molecule has 2 aromatic rings. The highest BCUT2D eigenvalue weighted by atomic mass is 16.7. The fraction of sp³-hybridized carbons (Fsp3) is 0.375. The molecule has 2 aliphatic rings. The minimum Gasteiger partial charge on any atom is -0.469 e. The molecule has 146 valence electrons. The minimum atomic E-state index is -0.599. The number of allylic oxidation sites excluding steroid dienone is 1. The highest BCUT2D eigenvalue weighted by Crippen LogP contribution is 2.56. The first-order chi connectivity index (χ1) is 13.6. The van der Waals surface area contributed by atoms with Crippen LogP contribution in [0.25, 0.3) is 0 Å². The van der Waals surface area contributed by atoms with Gasteiger partial charge in [0.15, 0.2) is 0 Å². The van der Waals surface area contributed by atoms with Crippen LogP contribution in [0.4, 0.5) is 0 Å². The Labute approximate surface area is 166 Å². The van der Waals surface area contributed by atoms with Gasteiger partial charge >= 0.3 is 5.97 Å². The Morgan fingerprint density at radius 3 is 2.36 bits per heavy atom. The van der Waals surface area contributed by atoms with Crippen LogP contribution in [-0.2, 0) is 27.4 Å². The van der Waals surface area contributed by atoms with E-state index in [0.29, 0.717) is 19.4 Å². The fourth-order valence-electron chi connectivity index (χ4n) is 4.86. The van der Waals surface area contributed by atoms with Crippen molar-refractivity contribution in [1.82, 2.24) is 5.06 Å². The van der Waals surface area contributed by atoms with E-state index in [1.807, 2.05) is 24.3 Å². The molecule has 4 heteroatoms. The predicted molar refractivity (Wildman–Crippen MR) is 108 cm³/mol. The van der Waals surface area contributed by atoms with Crippen LogP contribution in [0.2, 0.25) is 0 Å². The van der Waals surface area contributed by atoms with Gasteiger partial charge in [-0.3, -0.25) is 9.63 Å². The maximum Gasteiger partial charge on any atom is 0.314 e. The number of ether oxygens (including phenoxy) is 1. The first kappa shape index (κ1) is 18.9. The molecule has 1 aliphatic carbocycles. The summed E-state index contributed by atoms with van der Waals surface area (Å²) in [7, 11) is 1.48. The quantitative estimate of drug-likeness (QED) is 0.555. The maximum absolute atomic E-state index is 12.9. The number of fused-ring (bicyclic) bond motifs is 1. The number of carbonyl (C=O) groups excluding carboxylic acids is 1. The summed E-state index contributed by atoms with van der Waals surface area (Å²) in [6.45, 7) is 2.58. The Bertz CT molecular complexity index is 851. The Kier molecular flexibility index (Phi) is 5.09. The lowest BCUT2D eigenvalue weighted by Crippen LogP contribution is -2.52. The van der Waals surface area contributed by atoms with Crippen LogP contribution in [0.1, 0.15) is 30.9 Å². The number of methoxy groups -OCH3 is 1. The van der Waals surface area contributed by atoms with Crippen molar-refractivity contribution in [2.45, 2.75) is 44.4 Å². The van der Waals surface area contributed by atoms with Crippen LogP contribution in [0.15, 0.2) is 72.8 Å². The topological polar surface area (TPSA) is 38.8 Å². The number of hydrogen-bond donors (Lipinski definition) is 0. The molecule has 2 aromatic carbocycles. The third kappa shape index (κ3) is 3.07. The second-order valence-electron chi connectivity index (χ2n) is 7.96. The molecule has 0 unspecified atom stereocenters. The van der Waals surface area contributed by atoms with Gasteiger partial charge in [-0.1, -0.05) is 72.8 Å². The van der Waals surface area contributed by atoms with E-state index in [1.165, 1.54) is 12.7 Å². The van der Waals surface area contributed by atoms with Crippen molar-refractivity contribution in [3.8, 4) is 0 Å². The van der Waals surface area contributed by atoms with E-state index < -0.39 is 11.0 Å². The summed E-state index contributed by atoms with van der Waals surface area (Å²) in [5.74, 6) is -0.149. The Hall–Kier alpha value is -2.43. The highest BCUT2D eigenvalue weighted by molar-refractivity contribution is 5.81. The molecule has 1 heterocycles. The van der Waals surface area contributed by atoms with Crippen LogP contribution in [0.3, 0.4) is 0 Å². The van der Waals surface area contributed by atoms with Crippen LogP contribution >= 0.6 is 0 Å². The van der Waals surface area contributed by atoms with Gasteiger partial charge in [-0.25, -0.2) is 0 Å². The third-order valence-electron chi connectivity index (χ3n) is 6.35. The van der Waals surface area contributed by atoms with Gasteiger partial charge in [-0.2, -0.15) is 5.06 Å². The summed E-state index contributed by atoms with van der Waals surface area (Å²) in [6.07, 6.45) is 6.45. The Morgan fingerprint density at radius 2 is 1.71 bits per heavy atom. The first-order valence-corrected chi connectivity index (χ1v) is 9.85. The van der Waals surface area contributed by atoms with Crippen LogP contribution < -0.4 is 0 Å². The largest absolute Gasteiger partial charge is 0.469 e. The SMILES string of the molecule is COC(=O)[C@@]12CC=C[C@]1(C)N(OCc1ccccc1)[C@@H](Cc1ccccc1)C2. The molecule has 1 aliphatic heterocycles. The zero-order chi connectivity index (χ0) is 19.6. The lowest BCUT2D eigenvalue weighted by Gasteiger charge is -2.40. The second kappa shape index (κ2) is 7.53. The molecule has 0 amide bonds. The smallest absolute Gasteiger partial charge is 0.314 e. The Balaban J connectivity index is 1.65. The monoisotopic (exact) mass is 377 g/mol. The lowest BCUT2D eigenvalue weighted by molar-refractivity contribution is -0.229. The average molecular weight is 377 g/mol. The van der Waals surface area contributed by atoms with E-state index in [1.54, 1.807) is 0 Å². The number of carbonyl (C=O) groups is 1. The van der Waals surface area contributed by atoms with Crippen LogP contribution in [-0.4, -0.2) is 29.7 Å². The molecular weight excluding hydrogens is 350 g/mol. The summed E-state index contributed by atoms with van der Waals surface area (Å²) >= 11 is 0. The summed E-state index contributed by atoms with van der Waals surface area (Å²) in [6, 6.07) is 20.6. The van der Waals surface area contributed by atoms with E-state index in [4.69, 9.17) is 9.57 Å². The molecule has 1 saturated heterocycles. The minimum absolute atomic E-state index is 0.0974. The van der Waals surface area contributed by atoms with Gasteiger partial charge in [0.05, 0.1) is 24.7 Å². The van der Waals surface area contributed by atoms with Crippen molar-refractivity contribution < 1.29 is 14.4 Å². The number of hydrogen-bond acceptors (Lipinski definition) is 4. The second-order valence-corrected chi connectivity index (χ2v) is 7.96. The number of esters is 1. The number of nitrogens with zero attached hydrogens (tertiary/aromatic N) is 1. The zero-order valence-electron chi connectivity index (χ0n) is 16.5. The van der Waals surface area contributed by atoms with Crippen molar-refractivity contribution in [2.24, 2.45) is 5.41 Å². The van der Waals surface area contributed by atoms with E-state index in [2.05, 4.69) is 60.5 Å². The van der Waals surface area contributed by atoms with Crippen LogP contribution in [0.5, 0.6) is 0 Å². The molecule has 3 atom stereocenters. The molecule has 0 spiro atoms. The van der Waals surface area contributed by atoms with Gasteiger partial charge in [0.25, 0.3) is 0 Å². The molecule has 0 aromatic heterocycles. The van der Waals surface area contributed by atoms with E-state index >= 15 is 0 Å². The maximum atomic E-state index is 12.9. The molecule has 1 fully saturated rings. The van der Waals surface area contributed by atoms with Crippen molar-refractivity contribution >= 4 is 5.97 Å². The summed E-state index contributed by atoms with van der Waals surface area (Å²) in [5, 5.41) is 2.06. The number of hydroxylamine groups is 2. The van der Waals surface area contributed by atoms with Gasteiger partial charge in [0, 0.05) is 6.04 Å². The summed E-state index contributed by atoms with van der Waals surface area (Å²) < 4.78 is 5.25. The average Bonchev–Trinajstić information content (AvgIpc) is 3.17. The lowest BCUT2D eigenvalue weighted by atomic mass is 9.72. The molecule has 0 saturated carbocycles. The summed E-state index contributed by atoms with van der Waals surface area (Å²) in [4.78, 5) is 19.3. The normalized spacial score (nSPS) is 29.0. The third-order valence-corrected chi connectivity index (χ3v) is 6.35. The Morgan fingerprint density at radius 1 is 1.07 bits per heavy atom. The van der Waals surface area contributed by atoms with Crippen molar-refractivity contribution in [3.05, 3.63) is 83.9 Å². The van der Waals surface area contributed by atoms with E-state index in [0.717, 1.165) is 12.0 Å². The molecule has 0 N–H and O–H groups in total. The van der Waals surface area contributed by atoms with Gasteiger partial charge < -0.3 is 4.74 Å². The summed E-state index contributed by atoms with van der Waals surface area (Å²) in [5.41, 5.74) is 1.24. The van der Waals surface area contributed by atoms with Gasteiger partial charge in [-0.15, -0.1) is 0 Å². The van der Waals surface area contributed by atoms with Gasteiger partial charge in [-0.05, 0) is 37.3 Å². The molecule has 4 nitrogen and oxygen atoms in total. The number of benzene rings is 2.